The summed E-state index contributed by atoms with van der Waals surface area (Å²) in [6.45, 7) is 3.24. The molecule has 146 valence electrons. The van der Waals surface area contributed by atoms with Crippen LogP contribution in [0.15, 0.2) is 24.3 Å². The van der Waals surface area contributed by atoms with Gasteiger partial charge in [0.05, 0.1) is 7.11 Å². The molecule has 0 radical (unpaired) electrons. The van der Waals surface area contributed by atoms with E-state index in [2.05, 4.69) is 0 Å². The fourth-order valence-electron chi connectivity index (χ4n) is 4.06. The van der Waals surface area contributed by atoms with Crippen LogP contribution in [0.5, 0.6) is 5.75 Å². The Kier molecular flexibility index (Phi) is 5.39. The van der Waals surface area contributed by atoms with Crippen LogP contribution >= 0.6 is 0 Å². The van der Waals surface area contributed by atoms with E-state index < -0.39 is 12.0 Å². The number of carboxylic acids is 1. The van der Waals surface area contributed by atoms with Crippen molar-refractivity contribution >= 4 is 17.8 Å². The summed E-state index contributed by atoms with van der Waals surface area (Å²) in [5.74, 6) is -0.443. The van der Waals surface area contributed by atoms with E-state index in [0.717, 1.165) is 19.3 Å². The lowest BCUT2D eigenvalue weighted by Crippen LogP contribution is -2.55. The van der Waals surface area contributed by atoms with E-state index in [1.807, 2.05) is 4.90 Å². The number of benzene rings is 1. The predicted molar refractivity (Wildman–Crippen MR) is 98.6 cm³/mol. The zero-order valence-corrected chi connectivity index (χ0v) is 15.8. The predicted octanol–water partition coefficient (Wildman–Crippen LogP) is 2.01. The third kappa shape index (κ3) is 3.91. The van der Waals surface area contributed by atoms with Gasteiger partial charge in [-0.1, -0.05) is 6.07 Å². The molecule has 0 bridgehead atoms. The number of aliphatic carboxylic acids is 1. The first-order chi connectivity index (χ1) is 12.8. The van der Waals surface area contributed by atoms with Gasteiger partial charge in [0.1, 0.15) is 11.8 Å². The molecule has 1 N–H and O–H groups in total. The van der Waals surface area contributed by atoms with Gasteiger partial charge in [-0.2, -0.15) is 0 Å². The maximum atomic E-state index is 12.8. The van der Waals surface area contributed by atoms with E-state index in [-0.39, 0.29) is 17.2 Å². The summed E-state index contributed by atoms with van der Waals surface area (Å²) in [5, 5.41) is 9.27. The molecule has 27 heavy (non-hydrogen) atoms. The van der Waals surface area contributed by atoms with Crippen molar-refractivity contribution < 1.29 is 24.2 Å². The normalized spacial score (nSPS) is 20.4. The largest absolute Gasteiger partial charge is 0.497 e. The van der Waals surface area contributed by atoms with Crippen molar-refractivity contribution in [2.24, 2.45) is 5.41 Å². The average molecular weight is 374 g/mol. The van der Waals surface area contributed by atoms with Gasteiger partial charge in [0, 0.05) is 31.6 Å². The number of ether oxygens (including phenoxy) is 1. The lowest BCUT2D eigenvalue weighted by molar-refractivity contribution is -0.154. The zero-order chi connectivity index (χ0) is 19.6. The van der Waals surface area contributed by atoms with Crippen LogP contribution in [0.2, 0.25) is 0 Å². The molecule has 1 atom stereocenters. The van der Waals surface area contributed by atoms with Crippen LogP contribution in [0.4, 0.5) is 0 Å². The maximum absolute atomic E-state index is 12.8. The Hall–Kier alpha value is -2.57. The topological polar surface area (TPSA) is 87.2 Å². The second-order valence-corrected chi connectivity index (χ2v) is 7.56. The summed E-state index contributed by atoms with van der Waals surface area (Å²) < 4.78 is 5.19. The Bertz CT molecular complexity index is 740. The van der Waals surface area contributed by atoms with Crippen LogP contribution in [-0.4, -0.2) is 65.5 Å². The number of methoxy groups -OCH3 is 1. The molecule has 0 aromatic heterocycles. The van der Waals surface area contributed by atoms with Gasteiger partial charge in [-0.25, -0.2) is 4.79 Å². The van der Waals surface area contributed by atoms with Crippen LogP contribution in [0.1, 0.15) is 43.0 Å². The Labute approximate surface area is 158 Å². The summed E-state index contributed by atoms with van der Waals surface area (Å²) in [6.07, 6.45) is 2.69. The highest BCUT2D eigenvalue weighted by Crippen LogP contribution is 2.41. The number of likely N-dealkylation sites (tertiary alicyclic amines) is 2. The van der Waals surface area contributed by atoms with Crippen molar-refractivity contribution in [3.63, 3.8) is 0 Å². The first kappa shape index (κ1) is 19.2. The van der Waals surface area contributed by atoms with Crippen LogP contribution < -0.4 is 4.74 Å². The van der Waals surface area contributed by atoms with Crippen LogP contribution in [0, 0.1) is 5.41 Å². The highest BCUT2D eigenvalue weighted by molar-refractivity contribution is 5.94. The highest BCUT2D eigenvalue weighted by atomic mass is 16.5. The molecule has 7 heteroatoms. The maximum Gasteiger partial charge on any atom is 0.326 e. The molecule has 0 unspecified atom stereocenters. The SMILES string of the molecule is COc1cccc(C(=O)N2CCC3(CCC(=O)N([C@H](C)C(=O)O)C3)CC2)c1. The number of amides is 2. The number of carbonyl (C=O) groups is 3. The third-order valence-corrected chi connectivity index (χ3v) is 5.95. The second kappa shape index (κ2) is 7.58. The molecular formula is C20H26N2O5. The van der Waals surface area contributed by atoms with E-state index in [9.17, 15) is 19.5 Å². The Morgan fingerprint density at radius 2 is 1.93 bits per heavy atom. The summed E-state index contributed by atoms with van der Waals surface area (Å²) >= 11 is 0. The number of piperidine rings is 2. The number of carboxylic acid groups (broad SMARTS) is 1. The number of hydrogen-bond acceptors (Lipinski definition) is 4. The van der Waals surface area contributed by atoms with Crippen LogP contribution in [-0.2, 0) is 9.59 Å². The molecule has 0 saturated carbocycles. The van der Waals surface area contributed by atoms with Crippen molar-refractivity contribution in [2.75, 3.05) is 26.7 Å². The fraction of sp³-hybridized carbons (Fsp3) is 0.550. The monoisotopic (exact) mass is 374 g/mol. The summed E-state index contributed by atoms with van der Waals surface area (Å²) in [6, 6.07) is 6.31. The molecular weight excluding hydrogens is 348 g/mol. The molecule has 2 aliphatic rings. The van der Waals surface area contributed by atoms with Crippen molar-refractivity contribution in [1.29, 1.82) is 0 Å². The van der Waals surface area contributed by atoms with E-state index in [1.54, 1.807) is 38.3 Å². The minimum absolute atomic E-state index is 0.0219. The molecule has 1 aromatic carbocycles. The molecule has 2 amide bonds. The quantitative estimate of drug-likeness (QED) is 0.871. The van der Waals surface area contributed by atoms with Gasteiger partial charge >= 0.3 is 5.97 Å². The van der Waals surface area contributed by atoms with Gasteiger partial charge in [-0.3, -0.25) is 9.59 Å². The smallest absolute Gasteiger partial charge is 0.326 e. The minimum atomic E-state index is -0.981. The Balaban J connectivity index is 1.66. The van der Waals surface area contributed by atoms with Gasteiger partial charge in [-0.05, 0) is 49.8 Å². The molecule has 2 saturated heterocycles. The van der Waals surface area contributed by atoms with Crippen molar-refractivity contribution in [3.8, 4) is 5.75 Å². The number of rotatable bonds is 4. The van der Waals surface area contributed by atoms with Gasteiger partial charge in [-0.15, -0.1) is 0 Å². The van der Waals surface area contributed by atoms with Gasteiger partial charge < -0.3 is 19.6 Å². The third-order valence-electron chi connectivity index (χ3n) is 5.95. The first-order valence-corrected chi connectivity index (χ1v) is 9.31. The number of hydrogen-bond donors (Lipinski definition) is 1. The lowest BCUT2D eigenvalue weighted by Gasteiger charge is -2.48. The molecule has 1 aromatic rings. The minimum Gasteiger partial charge on any atom is -0.497 e. The summed E-state index contributed by atoms with van der Waals surface area (Å²) in [7, 11) is 1.57. The van der Waals surface area contributed by atoms with Crippen molar-refractivity contribution in [2.45, 2.75) is 38.6 Å². The van der Waals surface area contributed by atoms with Crippen molar-refractivity contribution in [3.05, 3.63) is 29.8 Å². The summed E-state index contributed by atoms with van der Waals surface area (Å²) in [4.78, 5) is 39.6. The molecule has 2 fully saturated rings. The molecule has 2 aliphatic heterocycles. The number of nitrogens with zero attached hydrogens (tertiary/aromatic N) is 2. The van der Waals surface area contributed by atoms with E-state index in [4.69, 9.17) is 4.74 Å². The lowest BCUT2D eigenvalue weighted by atomic mass is 9.72. The highest BCUT2D eigenvalue weighted by Gasteiger charge is 2.43. The van der Waals surface area contributed by atoms with Gasteiger partial charge in [0.25, 0.3) is 5.91 Å². The van der Waals surface area contributed by atoms with E-state index >= 15 is 0 Å². The van der Waals surface area contributed by atoms with Gasteiger partial charge in [0.2, 0.25) is 5.91 Å². The molecule has 7 nitrogen and oxygen atoms in total. The van der Waals surface area contributed by atoms with E-state index in [0.29, 0.717) is 37.4 Å². The first-order valence-electron chi connectivity index (χ1n) is 9.31. The molecule has 3 rings (SSSR count). The second-order valence-electron chi connectivity index (χ2n) is 7.56. The Morgan fingerprint density at radius 1 is 1.22 bits per heavy atom. The van der Waals surface area contributed by atoms with Gasteiger partial charge in [0.15, 0.2) is 0 Å². The number of carbonyl (C=O) groups excluding carboxylic acids is 2. The average Bonchev–Trinajstić information content (AvgIpc) is 2.69. The molecule has 0 aliphatic carbocycles. The van der Waals surface area contributed by atoms with Crippen LogP contribution in [0.25, 0.3) is 0 Å². The Morgan fingerprint density at radius 3 is 2.56 bits per heavy atom. The summed E-state index contributed by atoms with van der Waals surface area (Å²) in [5.41, 5.74) is 0.508. The van der Waals surface area contributed by atoms with Crippen LogP contribution in [0.3, 0.4) is 0 Å². The standard InChI is InChI=1S/C20H26N2O5/c1-14(19(25)26)22-13-20(7-6-17(22)23)8-10-21(11-9-20)18(24)15-4-3-5-16(12-15)27-2/h3-5,12,14H,6-11,13H2,1-2H3,(H,25,26)/t14-/m1/s1. The zero-order valence-electron chi connectivity index (χ0n) is 15.8. The molecule has 2 heterocycles. The molecule has 1 spiro atoms. The van der Waals surface area contributed by atoms with Crippen molar-refractivity contribution in [1.82, 2.24) is 9.80 Å². The fourth-order valence-corrected chi connectivity index (χ4v) is 4.06. The van der Waals surface area contributed by atoms with E-state index in [1.165, 1.54) is 4.90 Å².